The number of nitrogens with zero attached hydrogens (tertiary/aromatic N) is 2. The molecule has 0 bridgehead atoms. The minimum absolute atomic E-state index is 0.234. The lowest BCUT2D eigenvalue weighted by molar-refractivity contribution is 0.0955. The number of rotatable bonds is 5. The average molecular weight is 274 g/mol. The predicted octanol–water partition coefficient (Wildman–Crippen LogP) is 1.77. The van der Waals surface area contributed by atoms with E-state index in [4.69, 9.17) is 0 Å². The van der Waals surface area contributed by atoms with Gasteiger partial charge in [0, 0.05) is 18.7 Å². The summed E-state index contributed by atoms with van der Waals surface area (Å²) in [6, 6.07) is 9.09. The Hall–Kier alpha value is -2.50. The lowest BCUT2D eigenvalue weighted by Crippen LogP contribution is -2.28. The fraction of sp³-hybridized carbons (Fsp3) is 0.214. The van der Waals surface area contributed by atoms with Crippen LogP contribution in [0.15, 0.2) is 36.4 Å². The number of carbonyl (C=O) groups excluding carboxylic acids is 1. The predicted molar refractivity (Wildman–Crippen MR) is 74.0 cm³/mol. The van der Waals surface area contributed by atoms with Crippen molar-refractivity contribution in [3.63, 3.8) is 0 Å². The highest BCUT2D eigenvalue weighted by Crippen LogP contribution is 2.02. The molecule has 0 aliphatic carbocycles. The topological polar surface area (TPSA) is 66.9 Å². The van der Waals surface area contributed by atoms with Crippen LogP contribution in [0, 0.1) is 12.7 Å². The molecule has 2 N–H and O–H groups in total. The molecule has 0 radical (unpaired) electrons. The third-order valence-electron chi connectivity index (χ3n) is 2.62. The van der Waals surface area contributed by atoms with Crippen molar-refractivity contribution in [2.75, 3.05) is 18.4 Å². The standard InChI is InChI=1S/C14H15FN4O/c1-10-2-7-13(19-18-10)16-8-9-17-14(20)11-3-5-12(15)6-4-11/h2-7H,8-9H2,1H3,(H,16,19)(H,17,20). The molecule has 20 heavy (non-hydrogen) atoms. The van der Waals surface area contributed by atoms with Crippen LogP contribution in [0.3, 0.4) is 0 Å². The second-order valence-electron chi connectivity index (χ2n) is 4.25. The van der Waals surface area contributed by atoms with Crippen molar-refractivity contribution < 1.29 is 9.18 Å². The molecule has 104 valence electrons. The van der Waals surface area contributed by atoms with E-state index in [1.54, 1.807) is 0 Å². The van der Waals surface area contributed by atoms with Crippen molar-refractivity contribution in [2.45, 2.75) is 6.92 Å². The van der Waals surface area contributed by atoms with Crippen molar-refractivity contribution in [3.05, 3.63) is 53.5 Å². The second-order valence-corrected chi connectivity index (χ2v) is 4.25. The first-order valence-corrected chi connectivity index (χ1v) is 6.23. The largest absolute Gasteiger partial charge is 0.367 e. The maximum atomic E-state index is 12.7. The number of aromatic nitrogens is 2. The molecule has 6 heteroatoms. The summed E-state index contributed by atoms with van der Waals surface area (Å²) < 4.78 is 12.7. The van der Waals surface area contributed by atoms with E-state index in [1.807, 2.05) is 19.1 Å². The van der Waals surface area contributed by atoms with Crippen LogP contribution < -0.4 is 10.6 Å². The zero-order valence-electron chi connectivity index (χ0n) is 11.1. The molecule has 1 heterocycles. The van der Waals surface area contributed by atoms with Gasteiger partial charge in [-0.25, -0.2) is 4.39 Å². The van der Waals surface area contributed by atoms with Gasteiger partial charge in [-0.15, -0.1) is 5.10 Å². The summed E-state index contributed by atoms with van der Waals surface area (Å²) in [4.78, 5) is 11.7. The Bertz CT molecular complexity index is 569. The normalized spacial score (nSPS) is 10.1. The van der Waals surface area contributed by atoms with Crippen LogP contribution in [0.1, 0.15) is 16.1 Å². The molecule has 0 fully saturated rings. The van der Waals surface area contributed by atoms with Gasteiger partial charge in [0.1, 0.15) is 11.6 Å². The van der Waals surface area contributed by atoms with E-state index in [0.717, 1.165) is 5.69 Å². The fourth-order valence-corrected chi connectivity index (χ4v) is 1.56. The summed E-state index contributed by atoms with van der Waals surface area (Å²) in [7, 11) is 0. The second kappa shape index (κ2) is 6.60. The van der Waals surface area contributed by atoms with Crippen molar-refractivity contribution in [1.82, 2.24) is 15.5 Å². The van der Waals surface area contributed by atoms with Crippen LogP contribution in [0.5, 0.6) is 0 Å². The van der Waals surface area contributed by atoms with Crippen molar-refractivity contribution in [1.29, 1.82) is 0 Å². The SMILES string of the molecule is Cc1ccc(NCCNC(=O)c2ccc(F)cc2)nn1. The molecule has 0 unspecified atom stereocenters. The molecule has 0 aliphatic rings. The molecule has 2 aromatic rings. The van der Waals surface area contributed by atoms with Crippen LogP contribution >= 0.6 is 0 Å². The molecule has 0 atom stereocenters. The molecular formula is C14H15FN4O. The Kier molecular flexibility index (Phi) is 4.60. The highest BCUT2D eigenvalue weighted by atomic mass is 19.1. The molecule has 2 rings (SSSR count). The van der Waals surface area contributed by atoms with Gasteiger partial charge in [0.15, 0.2) is 0 Å². The highest BCUT2D eigenvalue weighted by molar-refractivity contribution is 5.94. The van der Waals surface area contributed by atoms with Gasteiger partial charge in [-0.05, 0) is 43.3 Å². The van der Waals surface area contributed by atoms with Crippen molar-refractivity contribution in [3.8, 4) is 0 Å². The van der Waals surface area contributed by atoms with Crippen LogP contribution in [-0.4, -0.2) is 29.2 Å². The molecule has 1 aromatic carbocycles. The van der Waals surface area contributed by atoms with Crippen LogP contribution in [0.2, 0.25) is 0 Å². The van der Waals surface area contributed by atoms with E-state index < -0.39 is 0 Å². The van der Waals surface area contributed by atoms with Gasteiger partial charge in [0.05, 0.1) is 5.69 Å². The van der Waals surface area contributed by atoms with Gasteiger partial charge in [-0.2, -0.15) is 5.10 Å². The van der Waals surface area contributed by atoms with E-state index in [9.17, 15) is 9.18 Å². The summed E-state index contributed by atoms with van der Waals surface area (Å²) >= 11 is 0. The molecule has 1 aromatic heterocycles. The third kappa shape index (κ3) is 4.01. The highest BCUT2D eigenvalue weighted by Gasteiger charge is 2.04. The molecule has 1 amide bonds. The number of carbonyl (C=O) groups is 1. The Morgan fingerprint density at radius 1 is 1.10 bits per heavy atom. The van der Waals surface area contributed by atoms with Crippen LogP contribution in [-0.2, 0) is 0 Å². The van der Waals surface area contributed by atoms with Gasteiger partial charge in [-0.3, -0.25) is 4.79 Å². The number of halogens is 1. The molecule has 5 nitrogen and oxygen atoms in total. The molecule has 0 aliphatic heterocycles. The van der Waals surface area contributed by atoms with E-state index in [-0.39, 0.29) is 11.7 Å². The Morgan fingerprint density at radius 3 is 2.50 bits per heavy atom. The van der Waals surface area contributed by atoms with Gasteiger partial charge in [0.2, 0.25) is 0 Å². The number of nitrogens with one attached hydrogen (secondary N) is 2. The summed E-state index contributed by atoms with van der Waals surface area (Å²) in [5.41, 5.74) is 1.28. The quantitative estimate of drug-likeness (QED) is 0.815. The molecule has 0 saturated heterocycles. The summed E-state index contributed by atoms with van der Waals surface area (Å²) in [5.74, 6) is 0.0644. The first kappa shape index (κ1) is 13.9. The zero-order valence-corrected chi connectivity index (χ0v) is 11.1. The van der Waals surface area contributed by atoms with Gasteiger partial charge in [0.25, 0.3) is 5.91 Å². The van der Waals surface area contributed by atoms with E-state index in [2.05, 4.69) is 20.8 Å². The summed E-state index contributed by atoms with van der Waals surface area (Å²) in [5, 5.41) is 13.6. The summed E-state index contributed by atoms with van der Waals surface area (Å²) in [6.45, 7) is 2.83. The number of hydrogen-bond donors (Lipinski definition) is 2. The van der Waals surface area contributed by atoms with E-state index >= 15 is 0 Å². The first-order valence-electron chi connectivity index (χ1n) is 6.23. The van der Waals surface area contributed by atoms with Crippen LogP contribution in [0.25, 0.3) is 0 Å². The smallest absolute Gasteiger partial charge is 0.251 e. The number of hydrogen-bond acceptors (Lipinski definition) is 4. The zero-order chi connectivity index (χ0) is 14.4. The van der Waals surface area contributed by atoms with Crippen molar-refractivity contribution >= 4 is 11.7 Å². The minimum atomic E-state index is -0.360. The van der Waals surface area contributed by atoms with E-state index in [1.165, 1.54) is 24.3 Å². The monoisotopic (exact) mass is 274 g/mol. The van der Waals surface area contributed by atoms with Crippen molar-refractivity contribution in [2.24, 2.45) is 0 Å². The number of benzene rings is 1. The average Bonchev–Trinajstić information content (AvgIpc) is 2.46. The molecular weight excluding hydrogens is 259 g/mol. The maximum absolute atomic E-state index is 12.7. The Balaban J connectivity index is 1.74. The lowest BCUT2D eigenvalue weighted by atomic mass is 10.2. The molecule has 0 spiro atoms. The van der Waals surface area contributed by atoms with Gasteiger partial charge < -0.3 is 10.6 Å². The lowest BCUT2D eigenvalue weighted by Gasteiger charge is -2.07. The molecule has 0 saturated carbocycles. The fourth-order valence-electron chi connectivity index (χ4n) is 1.56. The third-order valence-corrected chi connectivity index (χ3v) is 2.62. The maximum Gasteiger partial charge on any atom is 0.251 e. The van der Waals surface area contributed by atoms with Crippen LogP contribution in [0.4, 0.5) is 10.2 Å². The first-order chi connectivity index (χ1) is 9.65. The van der Waals surface area contributed by atoms with Gasteiger partial charge >= 0.3 is 0 Å². The van der Waals surface area contributed by atoms with E-state index in [0.29, 0.717) is 24.5 Å². The number of amides is 1. The Labute approximate surface area is 116 Å². The number of anilines is 1. The van der Waals surface area contributed by atoms with Gasteiger partial charge in [-0.1, -0.05) is 0 Å². The number of aryl methyl sites for hydroxylation is 1. The Morgan fingerprint density at radius 2 is 1.85 bits per heavy atom. The summed E-state index contributed by atoms with van der Waals surface area (Å²) in [6.07, 6.45) is 0. The minimum Gasteiger partial charge on any atom is -0.367 e.